The predicted octanol–water partition coefficient (Wildman–Crippen LogP) is 3.04. The van der Waals surface area contributed by atoms with Crippen molar-refractivity contribution < 1.29 is 9.90 Å². The number of hydrogen-bond donors (Lipinski definition) is 2. The third-order valence-corrected chi connectivity index (χ3v) is 3.70. The molecule has 0 radical (unpaired) electrons. The van der Waals surface area contributed by atoms with E-state index in [1.165, 1.54) is 6.42 Å². The molecule has 1 saturated carbocycles. The normalized spacial score (nSPS) is 25.5. The Balaban J connectivity index is 2.68. The van der Waals surface area contributed by atoms with Crippen LogP contribution in [0.2, 0.25) is 0 Å². The lowest BCUT2D eigenvalue weighted by Gasteiger charge is -2.45. The number of aliphatic carboxylic acids is 1. The number of rotatable bonds is 4. The first-order chi connectivity index (χ1) is 7.65. The highest BCUT2D eigenvalue weighted by Gasteiger charge is 2.39. The molecule has 0 spiro atoms. The molecule has 0 aromatic rings. The van der Waals surface area contributed by atoms with Gasteiger partial charge in [-0.25, -0.2) is 0 Å². The second kappa shape index (κ2) is 4.97. The first kappa shape index (κ1) is 14.5. The summed E-state index contributed by atoms with van der Waals surface area (Å²) in [5.41, 5.74) is 0.604. The molecule has 3 nitrogen and oxygen atoms in total. The number of carboxylic acid groups (broad SMARTS) is 1. The standard InChI is InChI=1S/C14H27NO2/c1-6-11(12(16)17)15-10-7-13(2,3)9-14(4,5)8-10/h10-11,15H,6-9H2,1-5H3,(H,16,17). The van der Waals surface area contributed by atoms with Crippen LogP contribution < -0.4 is 5.32 Å². The fourth-order valence-electron chi connectivity index (χ4n) is 3.61. The van der Waals surface area contributed by atoms with Gasteiger partial charge in [0.2, 0.25) is 0 Å². The Morgan fingerprint density at radius 1 is 1.29 bits per heavy atom. The summed E-state index contributed by atoms with van der Waals surface area (Å²) in [7, 11) is 0. The van der Waals surface area contributed by atoms with E-state index < -0.39 is 12.0 Å². The van der Waals surface area contributed by atoms with Crippen molar-refractivity contribution in [3.63, 3.8) is 0 Å². The molecule has 2 N–H and O–H groups in total. The van der Waals surface area contributed by atoms with Crippen LogP contribution in [0.4, 0.5) is 0 Å². The number of carboxylic acids is 1. The maximum Gasteiger partial charge on any atom is 0.320 e. The number of nitrogens with one attached hydrogen (secondary N) is 1. The van der Waals surface area contributed by atoms with Crippen molar-refractivity contribution in [1.29, 1.82) is 0 Å². The van der Waals surface area contributed by atoms with Crippen molar-refractivity contribution in [1.82, 2.24) is 5.32 Å². The zero-order chi connectivity index (χ0) is 13.3. The minimum absolute atomic E-state index is 0.302. The Hall–Kier alpha value is -0.570. The molecule has 0 aromatic heterocycles. The monoisotopic (exact) mass is 241 g/mol. The van der Waals surface area contributed by atoms with Crippen molar-refractivity contribution in [2.24, 2.45) is 10.8 Å². The summed E-state index contributed by atoms with van der Waals surface area (Å²) in [4.78, 5) is 11.1. The van der Waals surface area contributed by atoms with Crippen LogP contribution in [0, 0.1) is 10.8 Å². The Morgan fingerprint density at radius 3 is 2.12 bits per heavy atom. The molecular weight excluding hydrogens is 214 g/mol. The zero-order valence-corrected chi connectivity index (χ0v) is 11.8. The van der Waals surface area contributed by atoms with Crippen molar-refractivity contribution in [3.05, 3.63) is 0 Å². The van der Waals surface area contributed by atoms with Crippen molar-refractivity contribution in [2.45, 2.75) is 72.4 Å². The van der Waals surface area contributed by atoms with Gasteiger partial charge in [0.1, 0.15) is 6.04 Å². The molecule has 17 heavy (non-hydrogen) atoms. The van der Waals surface area contributed by atoms with E-state index in [0.29, 0.717) is 23.3 Å². The Morgan fingerprint density at radius 2 is 1.76 bits per heavy atom. The van der Waals surface area contributed by atoms with Crippen LogP contribution in [0.1, 0.15) is 60.3 Å². The van der Waals surface area contributed by atoms with Gasteiger partial charge in [0.25, 0.3) is 0 Å². The van der Waals surface area contributed by atoms with Gasteiger partial charge in [0, 0.05) is 6.04 Å². The molecule has 3 heteroatoms. The molecule has 0 amide bonds. The smallest absolute Gasteiger partial charge is 0.320 e. The summed E-state index contributed by atoms with van der Waals surface area (Å²) in [5, 5.41) is 12.4. The third-order valence-electron chi connectivity index (χ3n) is 3.70. The lowest BCUT2D eigenvalue weighted by molar-refractivity contribution is -0.140. The molecule has 0 aliphatic heterocycles. The van der Waals surface area contributed by atoms with E-state index in [-0.39, 0.29) is 0 Å². The van der Waals surface area contributed by atoms with Crippen LogP contribution in [0.15, 0.2) is 0 Å². The molecule has 0 heterocycles. The minimum atomic E-state index is -0.728. The lowest BCUT2D eigenvalue weighted by atomic mass is 9.63. The number of carbonyl (C=O) groups is 1. The first-order valence-electron chi connectivity index (χ1n) is 6.64. The summed E-state index contributed by atoms with van der Waals surface area (Å²) >= 11 is 0. The Kier molecular flexibility index (Phi) is 4.23. The largest absolute Gasteiger partial charge is 0.480 e. The summed E-state index contributed by atoms with van der Waals surface area (Å²) in [6.45, 7) is 11.0. The molecule has 1 aliphatic carbocycles. The van der Waals surface area contributed by atoms with E-state index >= 15 is 0 Å². The second-order valence-corrected chi connectivity index (χ2v) is 7.08. The van der Waals surface area contributed by atoms with E-state index in [1.807, 2.05) is 6.92 Å². The Bertz CT molecular complexity index is 268. The molecular formula is C14H27NO2. The van der Waals surface area contributed by atoms with Crippen LogP contribution in [-0.4, -0.2) is 23.2 Å². The molecule has 0 aromatic carbocycles. The van der Waals surface area contributed by atoms with Crippen molar-refractivity contribution in [2.75, 3.05) is 0 Å². The maximum atomic E-state index is 11.1. The van der Waals surface area contributed by atoms with E-state index in [9.17, 15) is 4.79 Å². The quantitative estimate of drug-likeness (QED) is 0.795. The molecule has 1 fully saturated rings. The zero-order valence-electron chi connectivity index (χ0n) is 11.8. The molecule has 1 atom stereocenters. The molecule has 0 saturated heterocycles. The third kappa shape index (κ3) is 4.30. The van der Waals surface area contributed by atoms with Gasteiger partial charge in [-0.15, -0.1) is 0 Å². The van der Waals surface area contributed by atoms with Crippen molar-refractivity contribution in [3.8, 4) is 0 Å². The van der Waals surface area contributed by atoms with Gasteiger partial charge >= 0.3 is 5.97 Å². The van der Waals surface area contributed by atoms with E-state index in [2.05, 4.69) is 33.0 Å². The number of hydrogen-bond acceptors (Lipinski definition) is 2. The van der Waals surface area contributed by atoms with E-state index in [0.717, 1.165) is 12.8 Å². The molecule has 0 bridgehead atoms. The van der Waals surface area contributed by atoms with Crippen LogP contribution in [0.3, 0.4) is 0 Å². The predicted molar refractivity (Wildman–Crippen MR) is 70.1 cm³/mol. The molecule has 1 unspecified atom stereocenters. The SMILES string of the molecule is CCC(NC1CC(C)(C)CC(C)(C)C1)C(=O)O. The first-order valence-corrected chi connectivity index (χ1v) is 6.64. The molecule has 1 aliphatic rings. The lowest BCUT2D eigenvalue weighted by Crippen LogP contribution is -2.49. The van der Waals surface area contributed by atoms with Gasteiger partial charge in [0.15, 0.2) is 0 Å². The maximum absolute atomic E-state index is 11.1. The van der Waals surface area contributed by atoms with E-state index in [1.54, 1.807) is 0 Å². The average Bonchev–Trinajstić information content (AvgIpc) is 2.08. The highest BCUT2D eigenvalue weighted by Crippen LogP contribution is 2.45. The fourth-order valence-corrected chi connectivity index (χ4v) is 3.61. The van der Waals surface area contributed by atoms with Crippen LogP contribution in [0.5, 0.6) is 0 Å². The highest BCUT2D eigenvalue weighted by molar-refractivity contribution is 5.73. The molecule has 100 valence electrons. The van der Waals surface area contributed by atoms with Gasteiger partial charge in [-0.3, -0.25) is 4.79 Å². The highest BCUT2D eigenvalue weighted by atomic mass is 16.4. The van der Waals surface area contributed by atoms with Gasteiger partial charge < -0.3 is 10.4 Å². The van der Waals surface area contributed by atoms with Gasteiger partial charge in [-0.05, 0) is 36.5 Å². The topological polar surface area (TPSA) is 49.3 Å². The summed E-state index contributed by atoms with van der Waals surface area (Å²) < 4.78 is 0. The van der Waals surface area contributed by atoms with Gasteiger partial charge in [-0.1, -0.05) is 34.6 Å². The Labute approximate surface area is 105 Å². The summed E-state index contributed by atoms with van der Waals surface area (Å²) in [5.74, 6) is -0.728. The minimum Gasteiger partial charge on any atom is -0.480 e. The molecule has 1 rings (SSSR count). The average molecular weight is 241 g/mol. The second-order valence-electron chi connectivity index (χ2n) is 7.08. The van der Waals surface area contributed by atoms with Crippen LogP contribution >= 0.6 is 0 Å². The summed E-state index contributed by atoms with van der Waals surface area (Å²) in [6.07, 6.45) is 4.00. The van der Waals surface area contributed by atoms with Crippen molar-refractivity contribution >= 4 is 5.97 Å². The van der Waals surface area contributed by atoms with Gasteiger partial charge in [-0.2, -0.15) is 0 Å². The van der Waals surface area contributed by atoms with Crippen LogP contribution in [-0.2, 0) is 4.79 Å². The van der Waals surface area contributed by atoms with Crippen LogP contribution in [0.25, 0.3) is 0 Å². The summed E-state index contributed by atoms with van der Waals surface area (Å²) in [6, 6.07) is -0.0699. The fraction of sp³-hybridized carbons (Fsp3) is 0.929. The van der Waals surface area contributed by atoms with E-state index in [4.69, 9.17) is 5.11 Å². The van der Waals surface area contributed by atoms with Gasteiger partial charge in [0.05, 0.1) is 0 Å².